The first-order valence-electron chi connectivity index (χ1n) is 9.06. The fourth-order valence-electron chi connectivity index (χ4n) is 2.38. The molecule has 2 rings (SSSR count). The summed E-state index contributed by atoms with van der Waals surface area (Å²) in [7, 11) is 0. The van der Waals surface area contributed by atoms with Gasteiger partial charge < -0.3 is 16.0 Å². The largest absolute Gasteiger partial charge is 0.325 e. The van der Waals surface area contributed by atoms with E-state index in [1.165, 1.54) is 11.8 Å². The number of carbonyl (C=O) groups excluding carboxylic acids is 2. The number of nitrogens with one attached hydrogen (secondary N) is 3. The Labute approximate surface area is 165 Å². The number of anilines is 2. The predicted molar refractivity (Wildman–Crippen MR) is 114 cm³/mol. The highest BCUT2D eigenvalue weighted by molar-refractivity contribution is 8.01. The van der Waals surface area contributed by atoms with Crippen LogP contribution in [0.4, 0.5) is 11.4 Å². The zero-order chi connectivity index (χ0) is 19.6. The molecule has 1 unspecified atom stereocenters. The summed E-state index contributed by atoms with van der Waals surface area (Å²) in [6, 6.07) is 15.4. The molecule has 3 N–H and O–H groups in total. The lowest BCUT2D eigenvalue weighted by molar-refractivity contribution is -0.115. The Hall–Kier alpha value is -2.31. The first-order valence-corrected chi connectivity index (χ1v) is 10.1. The summed E-state index contributed by atoms with van der Waals surface area (Å²) in [5, 5.41) is 8.70. The highest BCUT2D eigenvalue weighted by Crippen LogP contribution is 2.16. The number of amides is 2. The van der Waals surface area contributed by atoms with Crippen molar-refractivity contribution in [3.05, 3.63) is 59.7 Å². The molecule has 0 radical (unpaired) electrons. The van der Waals surface area contributed by atoms with Crippen LogP contribution in [0.3, 0.4) is 0 Å². The second kappa shape index (κ2) is 10.7. The van der Waals surface area contributed by atoms with Crippen molar-refractivity contribution in [3.63, 3.8) is 0 Å². The van der Waals surface area contributed by atoms with Gasteiger partial charge in [0, 0.05) is 17.9 Å². The van der Waals surface area contributed by atoms with Gasteiger partial charge in [0.1, 0.15) is 0 Å². The summed E-state index contributed by atoms with van der Waals surface area (Å²) in [4.78, 5) is 24.4. The molecule has 0 saturated carbocycles. The highest BCUT2D eigenvalue weighted by atomic mass is 32.2. The van der Waals surface area contributed by atoms with E-state index in [1.807, 2.05) is 62.4 Å². The van der Waals surface area contributed by atoms with Crippen LogP contribution in [0, 0.1) is 6.92 Å². The van der Waals surface area contributed by atoms with E-state index in [2.05, 4.69) is 22.9 Å². The quantitative estimate of drug-likeness (QED) is 0.614. The Morgan fingerprint density at radius 3 is 2.48 bits per heavy atom. The summed E-state index contributed by atoms with van der Waals surface area (Å²) in [5.41, 5.74) is 3.79. The zero-order valence-corrected chi connectivity index (χ0v) is 16.9. The van der Waals surface area contributed by atoms with Gasteiger partial charge in [0.15, 0.2) is 0 Å². The second-order valence-electron chi connectivity index (χ2n) is 6.34. The van der Waals surface area contributed by atoms with Gasteiger partial charge >= 0.3 is 0 Å². The van der Waals surface area contributed by atoms with Gasteiger partial charge in [0.2, 0.25) is 11.8 Å². The van der Waals surface area contributed by atoms with E-state index >= 15 is 0 Å². The summed E-state index contributed by atoms with van der Waals surface area (Å²) in [6.45, 7) is 7.53. The van der Waals surface area contributed by atoms with Gasteiger partial charge in [-0.2, -0.15) is 0 Å². The van der Waals surface area contributed by atoms with E-state index in [-0.39, 0.29) is 22.8 Å². The maximum atomic E-state index is 12.4. The van der Waals surface area contributed by atoms with E-state index in [4.69, 9.17) is 0 Å². The third kappa shape index (κ3) is 7.45. The van der Waals surface area contributed by atoms with Crippen LogP contribution < -0.4 is 16.0 Å². The monoisotopic (exact) mass is 385 g/mol. The molecule has 27 heavy (non-hydrogen) atoms. The van der Waals surface area contributed by atoms with Crippen LogP contribution in [0.2, 0.25) is 0 Å². The van der Waals surface area contributed by atoms with Crippen LogP contribution in [0.25, 0.3) is 0 Å². The van der Waals surface area contributed by atoms with Gasteiger partial charge in [0.25, 0.3) is 0 Å². The van der Waals surface area contributed by atoms with Crippen molar-refractivity contribution in [2.24, 2.45) is 0 Å². The molecule has 0 aliphatic rings. The summed E-state index contributed by atoms with van der Waals surface area (Å²) >= 11 is 1.32. The summed E-state index contributed by atoms with van der Waals surface area (Å²) in [6.07, 6.45) is 0. The Morgan fingerprint density at radius 1 is 1.04 bits per heavy atom. The van der Waals surface area contributed by atoms with Crippen LogP contribution in [-0.2, 0) is 16.1 Å². The van der Waals surface area contributed by atoms with Crippen LogP contribution in [0.15, 0.2) is 48.5 Å². The number of thioether (sulfide) groups is 1. The van der Waals surface area contributed by atoms with Gasteiger partial charge in [0.05, 0.1) is 11.0 Å². The molecular weight excluding hydrogens is 358 g/mol. The smallest absolute Gasteiger partial charge is 0.237 e. The Morgan fingerprint density at radius 2 is 1.78 bits per heavy atom. The molecule has 0 heterocycles. The number of carbonyl (C=O) groups is 2. The van der Waals surface area contributed by atoms with E-state index in [0.29, 0.717) is 0 Å². The van der Waals surface area contributed by atoms with Crippen LogP contribution >= 0.6 is 11.8 Å². The maximum Gasteiger partial charge on any atom is 0.237 e. The molecule has 6 heteroatoms. The number of aryl methyl sites for hydroxylation is 1. The Bertz CT molecular complexity index is 762. The summed E-state index contributed by atoms with van der Waals surface area (Å²) < 4.78 is 0. The van der Waals surface area contributed by atoms with Gasteiger partial charge in [-0.25, -0.2) is 0 Å². The minimum Gasteiger partial charge on any atom is -0.325 e. The van der Waals surface area contributed by atoms with Crippen LogP contribution in [-0.4, -0.2) is 29.4 Å². The lowest BCUT2D eigenvalue weighted by atomic mass is 10.2. The molecule has 1 atom stereocenters. The summed E-state index contributed by atoms with van der Waals surface area (Å²) in [5.74, 6) is 0.00279. The molecule has 2 aromatic carbocycles. The van der Waals surface area contributed by atoms with Gasteiger partial charge in [-0.05, 0) is 50.2 Å². The van der Waals surface area contributed by atoms with Crippen molar-refractivity contribution in [2.75, 3.05) is 22.9 Å². The lowest BCUT2D eigenvalue weighted by Crippen LogP contribution is -2.25. The molecule has 2 aromatic rings. The minimum absolute atomic E-state index is 0.108. The fraction of sp³-hybridized carbons (Fsp3) is 0.333. The Kier molecular flexibility index (Phi) is 8.36. The standard InChI is InChI=1S/C21H27N3O2S/c1-4-22-13-17-6-5-7-19(12-17)24-21(26)16(3)27-14-20(25)23-18-10-8-15(2)9-11-18/h5-12,16,22H,4,13-14H2,1-3H3,(H,23,25)(H,24,26). The predicted octanol–water partition coefficient (Wildman–Crippen LogP) is 3.80. The molecule has 0 aromatic heterocycles. The van der Waals surface area contributed by atoms with Crippen molar-refractivity contribution < 1.29 is 9.59 Å². The van der Waals surface area contributed by atoms with Crippen molar-refractivity contribution >= 4 is 35.0 Å². The first-order chi connectivity index (χ1) is 13.0. The molecule has 0 aliphatic heterocycles. The van der Waals surface area contributed by atoms with Crippen LogP contribution in [0.1, 0.15) is 25.0 Å². The van der Waals surface area contributed by atoms with Gasteiger partial charge in [-0.15, -0.1) is 11.8 Å². The number of hydrogen-bond acceptors (Lipinski definition) is 4. The van der Waals surface area contributed by atoms with E-state index < -0.39 is 0 Å². The number of benzene rings is 2. The molecule has 144 valence electrons. The molecule has 0 fully saturated rings. The third-order valence-corrected chi connectivity index (χ3v) is 5.09. The third-order valence-electron chi connectivity index (χ3n) is 3.94. The highest BCUT2D eigenvalue weighted by Gasteiger charge is 2.15. The van der Waals surface area contributed by atoms with Gasteiger partial charge in [-0.1, -0.05) is 36.8 Å². The molecule has 0 aliphatic carbocycles. The Balaban J connectivity index is 1.79. The fourth-order valence-corrected chi connectivity index (χ4v) is 3.07. The maximum absolute atomic E-state index is 12.4. The van der Waals surface area contributed by atoms with Crippen molar-refractivity contribution in [1.29, 1.82) is 0 Å². The molecule has 5 nitrogen and oxygen atoms in total. The molecule has 0 saturated heterocycles. The molecule has 0 spiro atoms. The van der Waals surface area contributed by atoms with E-state index in [1.54, 1.807) is 0 Å². The second-order valence-corrected chi connectivity index (χ2v) is 7.67. The SMILES string of the molecule is CCNCc1cccc(NC(=O)C(C)SCC(=O)Nc2ccc(C)cc2)c1. The van der Waals surface area contributed by atoms with Crippen molar-refractivity contribution in [2.45, 2.75) is 32.6 Å². The van der Waals surface area contributed by atoms with E-state index in [0.717, 1.165) is 35.6 Å². The molecular formula is C21H27N3O2S. The van der Waals surface area contributed by atoms with Gasteiger partial charge in [-0.3, -0.25) is 9.59 Å². The van der Waals surface area contributed by atoms with Crippen molar-refractivity contribution in [1.82, 2.24) is 5.32 Å². The zero-order valence-electron chi connectivity index (χ0n) is 16.0. The number of rotatable bonds is 9. The topological polar surface area (TPSA) is 70.2 Å². The molecule has 2 amide bonds. The normalized spacial score (nSPS) is 11.7. The minimum atomic E-state index is -0.328. The number of hydrogen-bond donors (Lipinski definition) is 3. The molecule has 0 bridgehead atoms. The lowest BCUT2D eigenvalue weighted by Gasteiger charge is -2.13. The average molecular weight is 386 g/mol. The first kappa shape index (κ1) is 21.0. The van der Waals surface area contributed by atoms with Crippen LogP contribution in [0.5, 0.6) is 0 Å². The average Bonchev–Trinajstić information content (AvgIpc) is 2.66. The van der Waals surface area contributed by atoms with E-state index in [9.17, 15) is 9.59 Å². The van der Waals surface area contributed by atoms with Crippen molar-refractivity contribution in [3.8, 4) is 0 Å².